The molecular weight excluding hydrogens is 230 g/mol. The Balaban J connectivity index is 2.74. The molecule has 0 aliphatic rings. The molecule has 1 heteroatoms. The van der Waals surface area contributed by atoms with Crippen LogP contribution in [0.15, 0.2) is 18.2 Å². The molecule has 0 saturated heterocycles. The zero-order chi connectivity index (χ0) is 14.3. The van der Waals surface area contributed by atoms with Crippen LogP contribution in [0.3, 0.4) is 0 Å². The molecule has 1 aromatic carbocycles. The van der Waals surface area contributed by atoms with Crippen LogP contribution in [0.4, 0.5) is 0 Å². The van der Waals surface area contributed by atoms with Crippen LogP contribution in [0.2, 0.25) is 0 Å². The summed E-state index contributed by atoms with van der Waals surface area (Å²) in [6.45, 7) is 12.4. The van der Waals surface area contributed by atoms with Gasteiger partial charge in [-0.05, 0) is 51.1 Å². The molecule has 0 heterocycles. The Morgan fingerprint density at radius 3 is 2.16 bits per heavy atom. The molecule has 1 aromatic rings. The maximum Gasteiger partial charge on any atom is 0.0133 e. The van der Waals surface area contributed by atoms with E-state index < -0.39 is 0 Å². The smallest absolute Gasteiger partial charge is 0.0133 e. The first-order valence-electron chi connectivity index (χ1n) is 7.87. The molecule has 19 heavy (non-hydrogen) atoms. The van der Waals surface area contributed by atoms with Gasteiger partial charge in [0, 0.05) is 6.04 Å². The minimum atomic E-state index is 0.612. The second-order valence-electron chi connectivity index (χ2n) is 6.03. The van der Waals surface area contributed by atoms with Crippen molar-refractivity contribution in [3.63, 3.8) is 0 Å². The second-order valence-corrected chi connectivity index (χ2v) is 6.03. The Morgan fingerprint density at radius 2 is 1.63 bits per heavy atom. The fourth-order valence-electron chi connectivity index (χ4n) is 2.90. The van der Waals surface area contributed by atoms with E-state index in [4.69, 9.17) is 0 Å². The molecule has 0 aliphatic carbocycles. The van der Waals surface area contributed by atoms with Crippen molar-refractivity contribution in [1.82, 2.24) is 5.32 Å². The second kappa shape index (κ2) is 8.37. The van der Waals surface area contributed by atoms with E-state index in [1.165, 1.54) is 36.0 Å². The number of nitrogens with one attached hydrogen (secondary N) is 1. The number of rotatable bonds is 8. The van der Waals surface area contributed by atoms with Gasteiger partial charge in [0.2, 0.25) is 0 Å². The lowest BCUT2D eigenvalue weighted by atomic mass is 9.90. The average molecular weight is 261 g/mol. The number of hydrogen-bond acceptors (Lipinski definition) is 1. The maximum absolute atomic E-state index is 3.74. The van der Waals surface area contributed by atoms with Gasteiger partial charge in [-0.15, -0.1) is 0 Å². The topological polar surface area (TPSA) is 12.0 Å². The third-order valence-corrected chi connectivity index (χ3v) is 3.82. The molecule has 108 valence electrons. The standard InChI is InChI=1S/C18H31N/c1-6-8-16(5)18(19-9-7-2)13-17-11-14(3)10-15(4)12-17/h10-12,16,18-19H,6-9,13H2,1-5H3. The van der Waals surface area contributed by atoms with E-state index in [2.05, 4.69) is 58.1 Å². The summed E-state index contributed by atoms with van der Waals surface area (Å²) in [7, 11) is 0. The lowest BCUT2D eigenvalue weighted by Crippen LogP contribution is -2.37. The molecular formula is C18H31N. The van der Waals surface area contributed by atoms with Crippen molar-refractivity contribution in [1.29, 1.82) is 0 Å². The molecule has 1 nitrogen and oxygen atoms in total. The van der Waals surface area contributed by atoms with Crippen LogP contribution >= 0.6 is 0 Å². The van der Waals surface area contributed by atoms with Crippen molar-refractivity contribution in [3.8, 4) is 0 Å². The van der Waals surface area contributed by atoms with Crippen LogP contribution in [0.25, 0.3) is 0 Å². The fourth-order valence-corrected chi connectivity index (χ4v) is 2.90. The highest BCUT2D eigenvalue weighted by molar-refractivity contribution is 5.29. The minimum Gasteiger partial charge on any atom is -0.313 e. The van der Waals surface area contributed by atoms with Crippen LogP contribution in [-0.4, -0.2) is 12.6 Å². The van der Waals surface area contributed by atoms with Gasteiger partial charge >= 0.3 is 0 Å². The van der Waals surface area contributed by atoms with Gasteiger partial charge in [-0.2, -0.15) is 0 Å². The van der Waals surface area contributed by atoms with Crippen molar-refractivity contribution in [2.24, 2.45) is 5.92 Å². The zero-order valence-electron chi connectivity index (χ0n) is 13.4. The Bertz CT molecular complexity index is 350. The van der Waals surface area contributed by atoms with Gasteiger partial charge in [-0.3, -0.25) is 0 Å². The van der Waals surface area contributed by atoms with Gasteiger partial charge in [-0.25, -0.2) is 0 Å². The van der Waals surface area contributed by atoms with Crippen molar-refractivity contribution in [2.45, 2.75) is 66.3 Å². The highest BCUT2D eigenvalue weighted by Crippen LogP contribution is 2.17. The SMILES string of the molecule is CCCNC(Cc1cc(C)cc(C)c1)C(C)CCC. The van der Waals surface area contributed by atoms with Crippen molar-refractivity contribution >= 4 is 0 Å². The zero-order valence-corrected chi connectivity index (χ0v) is 13.4. The van der Waals surface area contributed by atoms with Crippen molar-refractivity contribution in [3.05, 3.63) is 34.9 Å². The van der Waals surface area contributed by atoms with Crippen LogP contribution in [0, 0.1) is 19.8 Å². The van der Waals surface area contributed by atoms with Gasteiger partial charge in [0.25, 0.3) is 0 Å². The highest BCUT2D eigenvalue weighted by Gasteiger charge is 2.16. The number of benzene rings is 1. The first-order chi connectivity index (χ1) is 9.06. The highest BCUT2D eigenvalue weighted by atomic mass is 14.9. The summed E-state index contributed by atoms with van der Waals surface area (Å²) < 4.78 is 0. The summed E-state index contributed by atoms with van der Waals surface area (Å²) in [6, 6.07) is 7.55. The molecule has 2 unspecified atom stereocenters. The first-order valence-corrected chi connectivity index (χ1v) is 7.87. The summed E-state index contributed by atoms with van der Waals surface area (Å²) in [5.74, 6) is 0.748. The third kappa shape index (κ3) is 5.78. The number of hydrogen-bond donors (Lipinski definition) is 1. The monoisotopic (exact) mass is 261 g/mol. The van der Waals surface area contributed by atoms with Crippen molar-refractivity contribution < 1.29 is 0 Å². The summed E-state index contributed by atoms with van der Waals surface area (Å²) in [5, 5.41) is 3.74. The Hall–Kier alpha value is -0.820. The van der Waals surface area contributed by atoms with E-state index in [0.29, 0.717) is 6.04 Å². The molecule has 0 saturated carbocycles. The molecule has 0 aliphatic heterocycles. The lowest BCUT2D eigenvalue weighted by Gasteiger charge is -2.25. The van der Waals surface area contributed by atoms with Crippen LogP contribution < -0.4 is 5.32 Å². The van der Waals surface area contributed by atoms with E-state index >= 15 is 0 Å². The third-order valence-electron chi connectivity index (χ3n) is 3.82. The van der Waals surface area contributed by atoms with Crippen LogP contribution in [0.1, 0.15) is 56.7 Å². The first kappa shape index (κ1) is 16.2. The Kier molecular flexibility index (Phi) is 7.15. The van der Waals surface area contributed by atoms with E-state index in [1.807, 2.05) is 0 Å². The molecule has 1 rings (SSSR count). The van der Waals surface area contributed by atoms with Crippen LogP contribution in [-0.2, 0) is 6.42 Å². The Labute approximate surface area is 119 Å². The average Bonchev–Trinajstić information content (AvgIpc) is 2.33. The molecule has 1 N–H and O–H groups in total. The van der Waals surface area contributed by atoms with Crippen molar-refractivity contribution in [2.75, 3.05) is 6.54 Å². The predicted octanol–water partition coefficient (Wildman–Crippen LogP) is 4.65. The predicted molar refractivity (Wildman–Crippen MR) is 85.8 cm³/mol. The van der Waals surface area contributed by atoms with Gasteiger partial charge < -0.3 is 5.32 Å². The summed E-state index contributed by atoms with van der Waals surface area (Å²) in [6.07, 6.45) is 4.95. The maximum atomic E-state index is 3.74. The Morgan fingerprint density at radius 1 is 1.00 bits per heavy atom. The van der Waals surface area contributed by atoms with Gasteiger partial charge in [0.1, 0.15) is 0 Å². The molecule has 0 bridgehead atoms. The summed E-state index contributed by atoms with van der Waals surface area (Å²) in [4.78, 5) is 0. The molecule has 0 aromatic heterocycles. The number of aryl methyl sites for hydroxylation is 2. The quantitative estimate of drug-likeness (QED) is 0.718. The van der Waals surface area contributed by atoms with Crippen LogP contribution in [0.5, 0.6) is 0 Å². The molecule has 0 spiro atoms. The molecule has 0 fully saturated rings. The normalized spacial score (nSPS) is 14.4. The van der Waals surface area contributed by atoms with E-state index in [9.17, 15) is 0 Å². The molecule has 0 radical (unpaired) electrons. The van der Waals surface area contributed by atoms with E-state index in [0.717, 1.165) is 18.9 Å². The molecule has 0 amide bonds. The summed E-state index contributed by atoms with van der Waals surface area (Å²) >= 11 is 0. The summed E-state index contributed by atoms with van der Waals surface area (Å²) in [5.41, 5.74) is 4.24. The molecule has 2 atom stereocenters. The van der Waals surface area contributed by atoms with E-state index in [-0.39, 0.29) is 0 Å². The minimum absolute atomic E-state index is 0.612. The van der Waals surface area contributed by atoms with Gasteiger partial charge in [0.15, 0.2) is 0 Å². The largest absolute Gasteiger partial charge is 0.313 e. The van der Waals surface area contributed by atoms with Gasteiger partial charge in [-0.1, -0.05) is 56.5 Å². The van der Waals surface area contributed by atoms with Gasteiger partial charge in [0.05, 0.1) is 0 Å². The lowest BCUT2D eigenvalue weighted by molar-refractivity contribution is 0.352. The van der Waals surface area contributed by atoms with E-state index in [1.54, 1.807) is 0 Å². The fraction of sp³-hybridized carbons (Fsp3) is 0.667.